The van der Waals surface area contributed by atoms with Crippen molar-refractivity contribution in [1.29, 1.82) is 0 Å². The summed E-state index contributed by atoms with van der Waals surface area (Å²) in [6, 6.07) is 7.84. The minimum atomic E-state index is 0.152. The molecule has 2 N–H and O–H groups in total. The molecule has 1 fully saturated rings. The normalized spacial score (nSPS) is 22.8. The molecule has 1 saturated carbocycles. The van der Waals surface area contributed by atoms with E-state index in [1.54, 1.807) is 0 Å². The van der Waals surface area contributed by atoms with E-state index in [-0.39, 0.29) is 12.0 Å². The summed E-state index contributed by atoms with van der Waals surface area (Å²) in [5.74, 6) is 1.60. The van der Waals surface area contributed by atoms with Crippen molar-refractivity contribution in [2.45, 2.75) is 37.6 Å². The molecule has 0 radical (unpaired) electrons. The van der Waals surface area contributed by atoms with Gasteiger partial charge in [0.05, 0.1) is 5.92 Å². The Morgan fingerprint density at radius 3 is 3.00 bits per heavy atom. The average Bonchev–Trinajstić information content (AvgIpc) is 2.98. The molecule has 2 aromatic rings. The number of hydrogen-bond donors (Lipinski definition) is 1. The van der Waals surface area contributed by atoms with Gasteiger partial charge in [0.15, 0.2) is 5.82 Å². The average molecular weight is 278 g/mol. The van der Waals surface area contributed by atoms with E-state index >= 15 is 0 Å². The highest BCUT2D eigenvalue weighted by atomic mass is 35.5. The van der Waals surface area contributed by atoms with Crippen molar-refractivity contribution in [1.82, 2.24) is 10.1 Å². The third kappa shape index (κ3) is 2.80. The summed E-state index contributed by atoms with van der Waals surface area (Å²) in [6.07, 6.45) is 3.85. The predicted molar refractivity (Wildman–Crippen MR) is 73.1 cm³/mol. The van der Waals surface area contributed by atoms with Gasteiger partial charge in [0.25, 0.3) is 0 Å². The predicted octanol–water partition coefficient (Wildman–Crippen LogP) is 2.91. The molecule has 0 saturated heterocycles. The molecule has 1 heterocycles. The topological polar surface area (TPSA) is 64.9 Å². The Labute approximate surface area is 117 Å². The molecule has 19 heavy (non-hydrogen) atoms. The maximum Gasteiger partial charge on any atom is 0.231 e. The van der Waals surface area contributed by atoms with Gasteiger partial charge in [-0.3, -0.25) is 0 Å². The zero-order valence-electron chi connectivity index (χ0n) is 10.6. The summed E-state index contributed by atoms with van der Waals surface area (Å²) in [4.78, 5) is 4.47. The molecular formula is C14H16ClN3O. The molecule has 5 heteroatoms. The zero-order chi connectivity index (χ0) is 13.2. The summed E-state index contributed by atoms with van der Waals surface area (Å²) in [5.41, 5.74) is 7.13. The van der Waals surface area contributed by atoms with Gasteiger partial charge in [-0.1, -0.05) is 35.3 Å². The molecule has 0 amide bonds. The first-order valence-corrected chi connectivity index (χ1v) is 6.92. The molecule has 3 rings (SSSR count). The minimum Gasteiger partial charge on any atom is -0.339 e. The van der Waals surface area contributed by atoms with Crippen LogP contribution in [0.25, 0.3) is 0 Å². The second kappa shape index (κ2) is 5.31. The van der Waals surface area contributed by atoms with Gasteiger partial charge < -0.3 is 10.3 Å². The fraction of sp³-hybridized carbons (Fsp3) is 0.429. The van der Waals surface area contributed by atoms with Crippen LogP contribution in [0.3, 0.4) is 0 Å². The second-order valence-electron chi connectivity index (χ2n) is 5.06. The van der Waals surface area contributed by atoms with E-state index in [4.69, 9.17) is 21.9 Å². The van der Waals surface area contributed by atoms with Gasteiger partial charge in [0.2, 0.25) is 5.89 Å². The van der Waals surface area contributed by atoms with E-state index in [2.05, 4.69) is 10.1 Å². The molecule has 1 aliphatic carbocycles. The standard InChI is InChI=1S/C14H16ClN3O/c15-10-4-1-3-9(7-10)8-13-17-14(19-18-13)11-5-2-6-12(11)16/h1,3-4,7,11-12H,2,5-6,8,16H2. The lowest BCUT2D eigenvalue weighted by Gasteiger charge is -2.08. The van der Waals surface area contributed by atoms with E-state index in [0.717, 1.165) is 29.8 Å². The monoisotopic (exact) mass is 277 g/mol. The van der Waals surface area contributed by atoms with Gasteiger partial charge in [-0.15, -0.1) is 0 Å². The minimum absolute atomic E-state index is 0.152. The Bertz CT molecular complexity index is 569. The quantitative estimate of drug-likeness (QED) is 0.937. The lowest BCUT2D eigenvalue weighted by Crippen LogP contribution is -2.22. The molecule has 0 bridgehead atoms. The first-order chi connectivity index (χ1) is 9.22. The highest BCUT2D eigenvalue weighted by Crippen LogP contribution is 2.32. The third-order valence-corrected chi connectivity index (χ3v) is 3.86. The number of hydrogen-bond acceptors (Lipinski definition) is 4. The van der Waals surface area contributed by atoms with Crippen LogP contribution in [0, 0.1) is 0 Å². The maximum absolute atomic E-state index is 6.05. The molecular weight excluding hydrogens is 262 g/mol. The Hall–Kier alpha value is -1.39. The molecule has 2 atom stereocenters. The van der Waals surface area contributed by atoms with Crippen molar-refractivity contribution in [3.8, 4) is 0 Å². The van der Waals surface area contributed by atoms with Gasteiger partial charge in [0, 0.05) is 17.5 Å². The SMILES string of the molecule is NC1CCCC1c1nc(Cc2cccc(Cl)c2)no1. The Balaban J connectivity index is 1.74. The Morgan fingerprint density at radius 1 is 1.37 bits per heavy atom. The van der Waals surface area contributed by atoms with E-state index in [9.17, 15) is 0 Å². The highest BCUT2D eigenvalue weighted by molar-refractivity contribution is 6.30. The highest BCUT2D eigenvalue weighted by Gasteiger charge is 2.30. The third-order valence-electron chi connectivity index (χ3n) is 3.62. The van der Waals surface area contributed by atoms with Crippen LogP contribution in [0.2, 0.25) is 5.02 Å². The van der Waals surface area contributed by atoms with Crippen molar-refractivity contribution in [2.75, 3.05) is 0 Å². The van der Waals surface area contributed by atoms with Crippen LogP contribution < -0.4 is 5.73 Å². The van der Waals surface area contributed by atoms with E-state index < -0.39 is 0 Å². The van der Waals surface area contributed by atoms with Crippen LogP contribution in [-0.2, 0) is 6.42 Å². The number of halogens is 1. The lowest BCUT2D eigenvalue weighted by molar-refractivity contribution is 0.342. The Morgan fingerprint density at radius 2 is 2.26 bits per heavy atom. The van der Waals surface area contributed by atoms with Crippen LogP contribution >= 0.6 is 11.6 Å². The van der Waals surface area contributed by atoms with Gasteiger partial charge in [0.1, 0.15) is 0 Å². The van der Waals surface area contributed by atoms with Crippen molar-refractivity contribution in [3.05, 3.63) is 46.6 Å². The van der Waals surface area contributed by atoms with Crippen LogP contribution in [0.5, 0.6) is 0 Å². The van der Waals surface area contributed by atoms with Gasteiger partial charge in [-0.25, -0.2) is 0 Å². The summed E-state index contributed by atoms with van der Waals surface area (Å²) in [6.45, 7) is 0. The number of rotatable bonds is 3. The fourth-order valence-electron chi connectivity index (χ4n) is 2.61. The maximum atomic E-state index is 6.05. The largest absolute Gasteiger partial charge is 0.339 e. The van der Waals surface area contributed by atoms with Crippen molar-refractivity contribution in [3.63, 3.8) is 0 Å². The van der Waals surface area contributed by atoms with Crippen molar-refractivity contribution in [2.24, 2.45) is 5.73 Å². The van der Waals surface area contributed by atoms with Crippen molar-refractivity contribution < 1.29 is 4.52 Å². The Kier molecular flexibility index (Phi) is 3.53. The van der Waals surface area contributed by atoms with Crippen LogP contribution in [0.4, 0.5) is 0 Å². The summed E-state index contributed by atoms with van der Waals surface area (Å²) in [7, 11) is 0. The molecule has 1 aromatic heterocycles. The first kappa shape index (κ1) is 12.6. The first-order valence-electron chi connectivity index (χ1n) is 6.55. The summed E-state index contributed by atoms with van der Waals surface area (Å²) in [5, 5.41) is 4.76. The number of aromatic nitrogens is 2. The molecule has 4 nitrogen and oxygen atoms in total. The number of nitrogens with zero attached hydrogens (tertiary/aromatic N) is 2. The summed E-state index contributed by atoms with van der Waals surface area (Å²) >= 11 is 5.96. The molecule has 1 aromatic carbocycles. The van der Waals surface area contributed by atoms with Crippen molar-refractivity contribution >= 4 is 11.6 Å². The molecule has 2 unspecified atom stereocenters. The molecule has 0 aliphatic heterocycles. The number of benzene rings is 1. The zero-order valence-corrected chi connectivity index (χ0v) is 11.3. The molecule has 1 aliphatic rings. The smallest absolute Gasteiger partial charge is 0.231 e. The van der Waals surface area contributed by atoms with Gasteiger partial charge >= 0.3 is 0 Å². The summed E-state index contributed by atoms with van der Waals surface area (Å²) < 4.78 is 5.35. The van der Waals surface area contributed by atoms with Gasteiger partial charge in [-0.05, 0) is 30.5 Å². The van der Waals surface area contributed by atoms with Crippen LogP contribution in [-0.4, -0.2) is 16.2 Å². The van der Waals surface area contributed by atoms with E-state index in [1.165, 1.54) is 0 Å². The van der Waals surface area contributed by atoms with Crippen LogP contribution in [0.1, 0.15) is 42.5 Å². The molecule has 0 spiro atoms. The van der Waals surface area contributed by atoms with Gasteiger partial charge in [-0.2, -0.15) is 4.98 Å². The number of nitrogens with two attached hydrogens (primary N) is 1. The van der Waals surface area contributed by atoms with E-state index in [0.29, 0.717) is 18.1 Å². The fourth-order valence-corrected chi connectivity index (χ4v) is 2.83. The van der Waals surface area contributed by atoms with E-state index in [1.807, 2.05) is 24.3 Å². The van der Waals surface area contributed by atoms with Crippen LogP contribution in [0.15, 0.2) is 28.8 Å². The second-order valence-corrected chi connectivity index (χ2v) is 5.49. The molecule has 100 valence electrons. The lowest BCUT2D eigenvalue weighted by atomic mass is 10.1.